The van der Waals surface area contributed by atoms with E-state index in [0.717, 1.165) is 24.4 Å². The SMILES string of the molecule is CC1(C)C2CC(NCc3ccoc3)C[C@@H]1C2. The van der Waals surface area contributed by atoms with Crippen LogP contribution in [0, 0.1) is 17.3 Å². The molecule has 0 radical (unpaired) electrons. The maximum atomic E-state index is 5.08. The number of hydrogen-bond acceptors (Lipinski definition) is 2. The van der Waals surface area contributed by atoms with E-state index in [-0.39, 0.29) is 0 Å². The Morgan fingerprint density at radius 1 is 1.31 bits per heavy atom. The number of hydrogen-bond donors (Lipinski definition) is 1. The molecular weight excluding hydrogens is 198 g/mol. The molecule has 2 unspecified atom stereocenters. The molecule has 2 heteroatoms. The van der Waals surface area contributed by atoms with Crippen LogP contribution < -0.4 is 5.32 Å². The molecule has 3 saturated carbocycles. The van der Waals surface area contributed by atoms with Crippen LogP contribution >= 0.6 is 0 Å². The molecule has 0 amide bonds. The smallest absolute Gasteiger partial charge is 0.0947 e. The topological polar surface area (TPSA) is 25.2 Å². The summed E-state index contributed by atoms with van der Waals surface area (Å²) in [5.74, 6) is 1.90. The molecule has 3 aliphatic carbocycles. The van der Waals surface area contributed by atoms with Crippen LogP contribution in [0.1, 0.15) is 38.7 Å². The Morgan fingerprint density at radius 3 is 2.62 bits per heavy atom. The highest BCUT2D eigenvalue weighted by molar-refractivity contribution is 5.07. The summed E-state index contributed by atoms with van der Waals surface area (Å²) in [5, 5.41) is 3.66. The first-order valence-corrected chi connectivity index (χ1v) is 6.40. The minimum Gasteiger partial charge on any atom is -0.472 e. The molecule has 3 fully saturated rings. The number of rotatable bonds is 3. The first kappa shape index (κ1) is 10.4. The summed E-state index contributed by atoms with van der Waals surface area (Å²) in [6, 6.07) is 2.77. The van der Waals surface area contributed by atoms with Crippen LogP contribution in [0.3, 0.4) is 0 Å². The highest BCUT2D eigenvalue weighted by atomic mass is 16.3. The van der Waals surface area contributed by atoms with Gasteiger partial charge in [-0.1, -0.05) is 13.8 Å². The van der Waals surface area contributed by atoms with E-state index in [0.29, 0.717) is 5.41 Å². The van der Waals surface area contributed by atoms with Crippen LogP contribution in [0.5, 0.6) is 0 Å². The molecule has 0 spiro atoms. The second-order valence-electron chi connectivity index (χ2n) is 6.13. The fraction of sp³-hybridized carbons (Fsp3) is 0.714. The van der Waals surface area contributed by atoms with Gasteiger partial charge in [-0.05, 0) is 42.6 Å². The van der Waals surface area contributed by atoms with Gasteiger partial charge >= 0.3 is 0 Å². The highest BCUT2D eigenvalue weighted by Gasteiger charge is 2.52. The standard InChI is InChI=1S/C14H21NO/c1-14(2)11-5-12(14)7-13(6-11)15-8-10-3-4-16-9-10/h3-4,9,11-13,15H,5-8H2,1-2H3/t11-,12?,13?/m0/s1. The van der Waals surface area contributed by atoms with Crippen molar-refractivity contribution in [2.75, 3.05) is 0 Å². The molecule has 1 aromatic rings. The van der Waals surface area contributed by atoms with E-state index in [2.05, 4.69) is 19.2 Å². The van der Waals surface area contributed by atoms with Crippen molar-refractivity contribution >= 4 is 0 Å². The van der Waals surface area contributed by atoms with E-state index in [1.165, 1.54) is 24.8 Å². The second-order valence-corrected chi connectivity index (χ2v) is 6.13. The zero-order valence-electron chi connectivity index (χ0n) is 10.2. The minimum absolute atomic E-state index is 0.619. The zero-order valence-corrected chi connectivity index (χ0v) is 10.2. The van der Waals surface area contributed by atoms with Gasteiger partial charge in [-0.3, -0.25) is 0 Å². The molecule has 4 rings (SSSR count). The molecule has 2 bridgehead atoms. The van der Waals surface area contributed by atoms with Crippen LogP contribution in [0.4, 0.5) is 0 Å². The summed E-state index contributed by atoms with van der Waals surface area (Å²) in [5.41, 5.74) is 1.88. The van der Waals surface area contributed by atoms with Crippen molar-refractivity contribution in [1.82, 2.24) is 5.32 Å². The first-order chi connectivity index (χ1) is 7.66. The van der Waals surface area contributed by atoms with Gasteiger partial charge in [-0.2, -0.15) is 0 Å². The maximum absolute atomic E-state index is 5.08. The number of furan rings is 1. The first-order valence-electron chi connectivity index (χ1n) is 6.40. The van der Waals surface area contributed by atoms with Crippen molar-refractivity contribution in [2.24, 2.45) is 17.3 Å². The van der Waals surface area contributed by atoms with E-state index in [1.807, 2.05) is 12.3 Å². The van der Waals surface area contributed by atoms with Crippen molar-refractivity contribution in [3.05, 3.63) is 24.2 Å². The van der Waals surface area contributed by atoms with E-state index in [1.54, 1.807) is 6.26 Å². The third kappa shape index (κ3) is 1.60. The van der Waals surface area contributed by atoms with Gasteiger partial charge in [0.25, 0.3) is 0 Å². The lowest BCUT2D eigenvalue weighted by Crippen LogP contribution is -2.55. The van der Waals surface area contributed by atoms with Gasteiger partial charge in [0.05, 0.1) is 12.5 Å². The fourth-order valence-electron chi connectivity index (χ4n) is 3.53. The lowest BCUT2D eigenvalue weighted by Gasteiger charge is -2.59. The van der Waals surface area contributed by atoms with E-state index in [4.69, 9.17) is 4.42 Å². The predicted octanol–water partition coefficient (Wildman–Crippen LogP) is 3.19. The largest absolute Gasteiger partial charge is 0.472 e. The Balaban J connectivity index is 1.52. The summed E-state index contributed by atoms with van der Waals surface area (Å²) in [7, 11) is 0. The molecule has 0 aromatic carbocycles. The molecule has 2 nitrogen and oxygen atoms in total. The van der Waals surface area contributed by atoms with Crippen LogP contribution in [0.2, 0.25) is 0 Å². The van der Waals surface area contributed by atoms with Crippen molar-refractivity contribution in [3.63, 3.8) is 0 Å². The third-order valence-corrected chi connectivity index (χ3v) is 4.99. The van der Waals surface area contributed by atoms with Crippen LogP contribution in [-0.4, -0.2) is 6.04 Å². The normalized spacial score (nSPS) is 35.8. The van der Waals surface area contributed by atoms with Gasteiger partial charge in [0, 0.05) is 18.2 Å². The van der Waals surface area contributed by atoms with Crippen molar-refractivity contribution in [2.45, 2.75) is 45.7 Å². The Labute approximate surface area is 97.4 Å². The summed E-state index contributed by atoms with van der Waals surface area (Å²) < 4.78 is 5.08. The lowest BCUT2D eigenvalue weighted by atomic mass is 9.48. The quantitative estimate of drug-likeness (QED) is 0.844. The van der Waals surface area contributed by atoms with Gasteiger partial charge in [0.15, 0.2) is 0 Å². The molecule has 1 aromatic heterocycles. The molecule has 0 saturated heterocycles. The molecule has 88 valence electrons. The van der Waals surface area contributed by atoms with Crippen LogP contribution in [0.15, 0.2) is 23.0 Å². The van der Waals surface area contributed by atoms with Crippen LogP contribution in [0.25, 0.3) is 0 Å². The average molecular weight is 219 g/mol. The molecule has 3 aliphatic rings. The van der Waals surface area contributed by atoms with E-state index in [9.17, 15) is 0 Å². The molecule has 3 atom stereocenters. The van der Waals surface area contributed by atoms with Crippen molar-refractivity contribution in [1.29, 1.82) is 0 Å². The Morgan fingerprint density at radius 2 is 2.06 bits per heavy atom. The fourth-order valence-corrected chi connectivity index (χ4v) is 3.53. The molecule has 1 N–H and O–H groups in total. The molecular formula is C14H21NO. The van der Waals surface area contributed by atoms with Gasteiger partial charge < -0.3 is 9.73 Å². The Bertz CT molecular complexity index is 341. The van der Waals surface area contributed by atoms with Crippen LogP contribution in [-0.2, 0) is 6.54 Å². The molecule has 16 heavy (non-hydrogen) atoms. The summed E-state index contributed by atoms with van der Waals surface area (Å²) in [6.07, 6.45) is 7.78. The number of fused-ring (bicyclic) bond motifs is 2. The summed E-state index contributed by atoms with van der Waals surface area (Å²) >= 11 is 0. The van der Waals surface area contributed by atoms with Crippen molar-refractivity contribution < 1.29 is 4.42 Å². The third-order valence-electron chi connectivity index (χ3n) is 4.99. The molecule has 0 aliphatic heterocycles. The summed E-state index contributed by atoms with van der Waals surface area (Å²) in [6.45, 7) is 5.84. The second kappa shape index (κ2) is 3.63. The monoisotopic (exact) mass is 219 g/mol. The minimum atomic E-state index is 0.619. The Hall–Kier alpha value is -0.760. The molecule has 1 heterocycles. The van der Waals surface area contributed by atoms with Gasteiger partial charge in [-0.25, -0.2) is 0 Å². The van der Waals surface area contributed by atoms with Crippen molar-refractivity contribution in [3.8, 4) is 0 Å². The zero-order chi connectivity index (χ0) is 11.2. The Kier molecular flexibility index (Phi) is 2.36. The predicted molar refractivity (Wildman–Crippen MR) is 63.9 cm³/mol. The number of nitrogens with one attached hydrogen (secondary N) is 1. The van der Waals surface area contributed by atoms with Gasteiger partial charge in [0.1, 0.15) is 0 Å². The van der Waals surface area contributed by atoms with E-state index < -0.39 is 0 Å². The maximum Gasteiger partial charge on any atom is 0.0947 e. The summed E-state index contributed by atoms with van der Waals surface area (Å²) in [4.78, 5) is 0. The lowest BCUT2D eigenvalue weighted by molar-refractivity contribution is -0.0787. The average Bonchev–Trinajstić information content (AvgIpc) is 2.79. The van der Waals surface area contributed by atoms with Gasteiger partial charge in [-0.15, -0.1) is 0 Å². The van der Waals surface area contributed by atoms with E-state index >= 15 is 0 Å². The van der Waals surface area contributed by atoms with Gasteiger partial charge in [0.2, 0.25) is 0 Å². The highest BCUT2D eigenvalue weighted by Crippen LogP contribution is 2.58.